The van der Waals surface area contributed by atoms with E-state index in [-0.39, 0.29) is 0 Å². The second-order valence-electron chi connectivity index (χ2n) is 6.37. The summed E-state index contributed by atoms with van der Waals surface area (Å²) in [6.45, 7) is 8.75. The fourth-order valence-corrected chi connectivity index (χ4v) is 3.42. The molecule has 0 heterocycles. The van der Waals surface area contributed by atoms with Crippen LogP contribution in [0, 0.1) is 17.8 Å². The van der Waals surface area contributed by atoms with Crippen molar-refractivity contribution in [2.24, 2.45) is 17.8 Å². The summed E-state index contributed by atoms with van der Waals surface area (Å²) in [5.74, 6) is 2.49. The molecule has 2 rings (SSSR count). The van der Waals surface area contributed by atoms with Crippen LogP contribution in [0.4, 0.5) is 0 Å². The van der Waals surface area contributed by atoms with E-state index in [9.17, 15) is 0 Å². The summed E-state index contributed by atoms with van der Waals surface area (Å²) >= 11 is 0. The van der Waals surface area contributed by atoms with E-state index in [1.165, 1.54) is 51.6 Å². The van der Waals surface area contributed by atoms with Gasteiger partial charge in [0.15, 0.2) is 0 Å². The van der Waals surface area contributed by atoms with Crippen LogP contribution < -0.4 is 0 Å². The number of fused-ring (bicyclic) bond motifs is 2. The van der Waals surface area contributed by atoms with E-state index in [2.05, 4.69) is 30.9 Å². The van der Waals surface area contributed by atoms with E-state index >= 15 is 0 Å². The lowest BCUT2D eigenvalue weighted by atomic mass is 9.95. The number of hydrogen-bond donors (Lipinski definition) is 0. The van der Waals surface area contributed by atoms with Gasteiger partial charge in [-0.15, -0.1) is 0 Å². The maximum absolute atomic E-state index is 6.02. The predicted octanol–water partition coefficient (Wildman–Crippen LogP) is 4.07. The number of nitrogens with zero attached hydrogens (tertiary/aromatic N) is 1. The zero-order valence-corrected chi connectivity index (χ0v) is 12.8. The number of hydrogen-bond acceptors (Lipinski definition) is 2. The third-order valence-corrected chi connectivity index (χ3v) is 4.68. The summed E-state index contributed by atoms with van der Waals surface area (Å²) in [4.78, 5) is 2.50. The van der Waals surface area contributed by atoms with Crippen molar-refractivity contribution >= 4 is 0 Å². The Labute approximate surface area is 119 Å². The first-order chi connectivity index (χ1) is 9.33. The number of unbranched alkanes of at least 4 members (excludes halogenated alkanes) is 2. The molecule has 0 aromatic heterocycles. The van der Waals surface area contributed by atoms with Gasteiger partial charge in [0.05, 0.1) is 13.3 Å². The van der Waals surface area contributed by atoms with Gasteiger partial charge in [-0.3, -0.25) is 4.90 Å². The molecular weight excluding hydrogens is 234 g/mol. The van der Waals surface area contributed by atoms with Gasteiger partial charge in [-0.2, -0.15) is 0 Å². The molecule has 1 fully saturated rings. The lowest BCUT2D eigenvalue weighted by Gasteiger charge is -2.24. The molecular formula is C17H31NO. The van der Waals surface area contributed by atoms with Crippen LogP contribution in [0.3, 0.4) is 0 Å². The standard InChI is InChI=1S/C17H31NO/c1-3-5-9-18(10-6-4-2)14-19-13-17-12-15-7-8-16(17)11-15/h7-8,15-17H,3-6,9-14H2,1-2H3. The number of rotatable bonds is 10. The van der Waals surface area contributed by atoms with Crippen LogP contribution in [-0.2, 0) is 4.74 Å². The molecule has 0 aromatic rings. The van der Waals surface area contributed by atoms with Gasteiger partial charge in [-0.1, -0.05) is 38.8 Å². The monoisotopic (exact) mass is 265 g/mol. The fraction of sp³-hybridized carbons (Fsp3) is 0.882. The first-order valence-corrected chi connectivity index (χ1v) is 8.31. The molecule has 0 N–H and O–H groups in total. The molecule has 1 saturated carbocycles. The van der Waals surface area contributed by atoms with E-state index in [0.717, 1.165) is 31.1 Å². The average Bonchev–Trinajstić information content (AvgIpc) is 3.03. The second-order valence-corrected chi connectivity index (χ2v) is 6.37. The molecule has 0 spiro atoms. The van der Waals surface area contributed by atoms with Gasteiger partial charge in [-0.25, -0.2) is 0 Å². The molecule has 2 bridgehead atoms. The normalized spacial score (nSPS) is 28.7. The van der Waals surface area contributed by atoms with Crippen molar-refractivity contribution in [3.05, 3.63) is 12.2 Å². The highest BCUT2D eigenvalue weighted by molar-refractivity contribution is 5.09. The van der Waals surface area contributed by atoms with Crippen molar-refractivity contribution in [2.45, 2.75) is 52.4 Å². The maximum Gasteiger partial charge on any atom is 0.0990 e. The molecule has 2 nitrogen and oxygen atoms in total. The minimum atomic E-state index is 0.800. The quantitative estimate of drug-likeness (QED) is 0.436. The van der Waals surface area contributed by atoms with Crippen LogP contribution in [0.25, 0.3) is 0 Å². The van der Waals surface area contributed by atoms with Gasteiger partial charge in [0.1, 0.15) is 0 Å². The molecule has 2 aliphatic rings. The predicted molar refractivity (Wildman–Crippen MR) is 81.1 cm³/mol. The van der Waals surface area contributed by atoms with Crippen molar-refractivity contribution in [3.63, 3.8) is 0 Å². The Kier molecular flexibility index (Phi) is 6.39. The molecule has 0 aliphatic heterocycles. The Hall–Kier alpha value is -0.340. The topological polar surface area (TPSA) is 12.5 Å². The van der Waals surface area contributed by atoms with E-state index in [1.807, 2.05) is 0 Å². The Balaban J connectivity index is 1.62. The van der Waals surface area contributed by atoms with Crippen LogP contribution in [-0.4, -0.2) is 31.3 Å². The summed E-state index contributed by atoms with van der Waals surface area (Å²) in [7, 11) is 0. The summed E-state index contributed by atoms with van der Waals surface area (Å²) in [6, 6.07) is 0. The Bertz CT molecular complexity index is 268. The average molecular weight is 265 g/mol. The van der Waals surface area contributed by atoms with Crippen LogP contribution in [0.2, 0.25) is 0 Å². The molecule has 2 heteroatoms. The molecule has 0 aromatic carbocycles. The van der Waals surface area contributed by atoms with Crippen LogP contribution in [0.15, 0.2) is 12.2 Å². The minimum absolute atomic E-state index is 0.800. The SMILES string of the molecule is CCCCN(CCCC)COCC1CC2C=CC1C2. The lowest BCUT2D eigenvalue weighted by Crippen LogP contribution is -2.30. The van der Waals surface area contributed by atoms with Crippen molar-refractivity contribution in [1.82, 2.24) is 4.90 Å². The van der Waals surface area contributed by atoms with Gasteiger partial charge >= 0.3 is 0 Å². The van der Waals surface area contributed by atoms with E-state index in [1.54, 1.807) is 0 Å². The number of allylic oxidation sites excluding steroid dienone is 2. The van der Waals surface area contributed by atoms with Crippen molar-refractivity contribution in [3.8, 4) is 0 Å². The van der Waals surface area contributed by atoms with E-state index in [0.29, 0.717) is 0 Å². The van der Waals surface area contributed by atoms with Crippen LogP contribution in [0.5, 0.6) is 0 Å². The highest BCUT2D eigenvalue weighted by Crippen LogP contribution is 2.43. The summed E-state index contributed by atoms with van der Waals surface area (Å²) in [5.41, 5.74) is 0. The van der Waals surface area contributed by atoms with Crippen molar-refractivity contribution in [1.29, 1.82) is 0 Å². The minimum Gasteiger partial charge on any atom is -0.366 e. The molecule has 2 aliphatic carbocycles. The van der Waals surface area contributed by atoms with Gasteiger partial charge in [-0.05, 0) is 43.4 Å². The Morgan fingerprint density at radius 3 is 2.32 bits per heavy atom. The number of ether oxygens (including phenoxy) is 1. The molecule has 3 unspecified atom stereocenters. The van der Waals surface area contributed by atoms with Crippen molar-refractivity contribution in [2.75, 3.05) is 26.4 Å². The summed E-state index contributed by atoms with van der Waals surface area (Å²) in [6.07, 6.45) is 12.7. The van der Waals surface area contributed by atoms with E-state index in [4.69, 9.17) is 4.74 Å². The van der Waals surface area contributed by atoms with Crippen LogP contribution >= 0.6 is 0 Å². The first-order valence-electron chi connectivity index (χ1n) is 8.31. The molecule has 0 amide bonds. The van der Waals surface area contributed by atoms with Gasteiger partial charge in [0.25, 0.3) is 0 Å². The Morgan fingerprint density at radius 2 is 1.79 bits per heavy atom. The van der Waals surface area contributed by atoms with Gasteiger partial charge in [0, 0.05) is 13.1 Å². The molecule has 19 heavy (non-hydrogen) atoms. The molecule has 0 saturated heterocycles. The van der Waals surface area contributed by atoms with Gasteiger partial charge in [0.2, 0.25) is 0 Å². The highest BCUT2D eigenvalue weighted by Gasteiger charge is 2.35. The van der Waals surface area contributed by atoms with Gasteiger partial charge < -0.3 is 4.74 Å². The summed E-state index contributed by atoms with van der Waals surface area (Å²) in [5, 5.41) is 0. The van der Waals surface area contributed by atoms with E-state index < -0.39 is 0 Å². The maximum atomic E-state index is 6.02. The smallest absolute Gasteiger partial charge is 0.0990 e. The fourth-order valence-electron chi connectivity index (χ4n) is 3.42. The molecule has 3 atom stereocenters. The summed E-state index contributed by atoms with van der Waals surface area (Å²) < 4.78 is 6.02. The lowest BCUT2D eigenvalue weighted by molar-refractivity contribution is 0.00554. The largest absolute Gasteiger partial charge is 0.366 e. The third kappa shape index (κ3) is 4.61. The zero-order chi connectivity index (χ0) is 13.5. The van der Waals surface area contributed by atoms with Crippen molar-refractivity contribution < 1.29 is 4.74 Å². The van der Waals surface area contributed by atoms with Crippen LogP contribution in [0.1, 0.15) is 52.4 Å². The Morgan fingerprint density at radius 1 is 1.05 bits per heavy atom. The molecule has 110 valence electrons. The zero-order valence-electron chi connectivity index (χ0n) is 12.8. The second kappa shape index (κ2) is 8.06. The molecule has 0 radical (unpaired) electrons. The third-order valence-electron chi connectivity index (χ3n) is 4.68. The highest BCUT2D eigenvalue weighted by atomic mass is 16.5. The first kappa shape index (κ1) is 15.1.